The van der Waals surface area contributed by atoms with E-state index in [1.54, 1.807) is 5.56 Å². The second-order valence-electron chi connectivity index (χ2n) is 7.13. The fourth-order valence-electron chi connectivity index (χ4n) is 4.44. The molecule has 3 rings (SSSR count). The number of nitrogens with zero attached hydrogens (tertiary/aromatic N) is 1. The van der Waals surface area contributed by atoms with Crippen molar-refractivity contribution < 1.29 is 0 Å². The molecule has 1 N–H and O–H groups in total. The standard InChI is InChI=1S/C19H30N2/c1-15-7-6-12-21(14-15)19-13-17(10-11-18(19)20-2)16-8-4-3-5-9-16/h3-5,8-9,15,17-20H,6-7,10-14H2,1-2H3. The fourth-order valence-corrected chi connectivity index (χ4v) is 4.44. The molecule has 0 radical (unpaired) electrons. The molecule has 1 heterocycles. The Morgan fingerprint density at radius 3 is 2.62 bits per heavy atom. The Bertz CT molecular complexity index is 430. The van der Waals surface area contributed by atoms with Crippen molar-refractivity contribution in [3.05, 3.63) is 35.9 Å². The van der Waals surface area contributed by atoms with Gasteiger partial charge < -0.3 is 5.32 Å². The summed E-state index contributed by atoms with van der Waals surface area (Å²) in [7, 11) is 2.15. The van der Waals surface area contributed by atoms with Gasteiger partial charge in [-0.05, 0) is 63.1 Å². The van der Waals surface area contributed by atoms with Crippen LogP contribution >= 0.6 is 0 Å². The van der Waals surface area contributed by atoms with Gasteiger partial charge in [-0.2, -0.15) is 0 Å². The molecular weight excluding hydrogens is 256 g/mol. The third-order valence-electron chi connectivity index (χ3n) is 5.62. The predicted molar refractivity (Wildman–Crippen MR) is 89.6 cm³/mol. The molecule has 116 valence electrons. The van der Waals surface area contributed by atoms with E-state index in [4.69, 9.17) is 0 Å². The van der Waals surface area contributed by atoms with E-state index >= 15 is 0 Å². The molecule has 0 spiro atoms. The van der Waals surface area contributed by atoms with Crippen LogP contribution in [0.1, 0.15) is 50.5 Å². The molecule has 1 aromatic carbocycles. The minimum Gasteiger partial charge on any atom is -0.315 e. The Morgan fingerprint density at radius 1 is 1.10 bits per heavy atom. The summed E-state index contributed by atoms with van der Waals surface area (Å²) in [6.07, 6.45) is 6.75. The summed E-state index contributed by atoms with van der Waals surface area (Å²) >= 11 is 0. The quantitative estimate of drug-likeness (QED) is 0.912. The number of benzene rings is 1. The van der Waals surface area contributed by atoms with E-state index in [1.807, 2.05) is 0 Å². The van der Waals surface area contributed by atoms with Gasteiger partial charge in [-0.1, -0.05) is 37.3 Å². The third kappa shape index (κ3) is 3.49. The van der Waals surface area contributed by atoms with E-state index in [9.17, 15) is 0 Å². The molecule has 21 heavy (non-hydrogen) atoms. The molecule has 0 bridgehead atoms. The van der Waals surface area contributed by atoms with Gasteiger partial charge in [0.1, 0.15) is 0 Å². The molecule has 0 amide bonds. The molecule has 0 aromatic heterocycles. The van der Waals surface area contributed by atoms with Crippen molar-refractivity contribution in [3.8, 4) is 0 Å². The molecule has 4 unspecified atom stereocenters. The van der Waals surface area contributed by atoms with Crippen LogP contribution in [0.2, 0.25) is 0 Å². The van der Waals surface area contributed by atoms with Gasteiger partial charge in [0.15, 0.2) is 0 Å². The second-order valence-corrected chi connectivity index (χ2v) is 7.13. The van der Waals surface area contributed by atoms with Crippen molar-refractivity contribution in [2.75, 3.05) is 20.1 Å². The zero-order valence-corrected chi connectivity index (χ0v) is 13.6. The number of rotatable bonds is 3. The van der Waals surface area contributed by atoms with Gasteiger partial charge in [-0.3, -0.25) is 4.90 Å². The van der Waals surface area contributed by atoms with Gasteiger partial charge in [0.05, 0.1) is 0 Å². The fraction of sp³-hybridized carbons (Fsp3) is 0.684. The van der Waals surface area contributed by atoms with Gasteiger partial charge in [0.2, 0.25) is 0 Å². The minimum atomic E-state index is 0.676. The van der Waals surface area contributed by atoms with Gasteiger partial charge in [-0.15, -0.1) is 0 Å². The summed E-state index contributed by atoms with van der Waals surface area (Å²) in [5, 5.41) is 3.60. The van der Waals surface area contributed by atoms with Crippen LogP contribution in [0.15, 0.2) is 30.3 Å². The van der Waals surface area contributed by atoms with Crippen molar-refractivity contribution >= 4 is 0 Å². The normalized spacial score (nSPS) is 34.8. The summed E-state index contributed by atoms with van der Waals surface area (Å²) in [6, 6.07) is 12.6. The number of nitrogens with one attached hydrogen (secondary N) is 1. The summed E-state index contributed by atoms with van der Waals surface area (Å²) in [4.78, 5) is 2.78. The van der Waals surface area contributed by atoms with Crippen LogP contribution in [0.25, 0.3) is 0 Å². The van der Waals surface area contributed by atoms with Crippen molar-refractivity contribution in [2.45, 2.75) is 57.0 Å². The molecule has 1 aliphatic heterocycles. The maximum Gasteiger partial charge on any atom is 0.0255 e. The van der Waals surface area contributed by atoms with Gasteiger partial charge >= 0.3 is 0 Å². The zero-order chi connectivity index (χ0) is 14.7. The first-order valence-electron chi connectivity index (χ1n) is 8.74. The lowest BCUT2D eigenvalue weighted by Gasteiger charge is -2.45. The van der Waals surface area contributed by atoms with Crippen LogP contribution in [0.3, 0.4) is 0 Å². The lowest BCUT2D eigenvalue weighted by atomic mass is 9.77. The van der Waals surface area contributed by atoms with Crippen LogP contribution in [0, 0.1) is 5.92 Å². The smallest absolute Gasteiger partial charge is 0.0255 e. The highest BCUT2D eigenvalue weighted by Crippen LogP contribution is 2.36. The average molecular weight is 286 g/mol. The van der Waals surface area contributed by atoms with Crippen molar-refractivity contribution in [2.24, 2.45) is 5.92 Å². The van der Waals surface area contributed by atoms with Crippen LogP contribution in [-0.2, 0) is 0 Å². The molecule has 2 nitrogen and oxygen atoms in total. The molecule has 1 aromatic rings. The first-order chi connectivity index (χ1) is 10.3. The Morgan fingerprint density at radius 2 is 1.90 bits per heavy atom. The van der Waals surface area contributed by atoms with E-state index < -0.39 is 0 Å². The largest absolute Gasteiger partial charge is 0.315 e. The maximum atomic E-state index is 3.60. The van der Waals surface area contributed by atoms with Gasteiger partial charge in [0, 0.05) is 18.6 Å². The predicted octanol–water partition coefficient (Wildman–Crippen LogP) is 3.64. The number of likely N-dealkylation sites (N-methyl/N-ethyl adjacent to an activating group) is 1. The second kappa shape index (κ2) is 6.93. The third-order valence-corrected chi connectivity index (χ3v) is 5.62. The molecule has 1 aliphatic carbocycles. The SMILES string of the molecule is CNC1CCC(c2ccccc2)CC1N1CCCC(C)C1. The molecular formula is C19H30N2. The van der Waals surface area contributed by atoms with E-state index in [1.165, 1.54) is 45.2 Å². The number of likely N-dealkylation sites (tertiary alicyclic amines) is 1. The van der Waals surface area contributed by atoms with Crippen molar-refractivity contribution in [3.63, 3.8) is 0 Å². The Balaban J connectivity index is 1.72. The first-order valence-corrected chi connectivity index (χ1v) is 8.74. The lowest BCUT2D eigenvalue weighted by Crippen LogP contribution is -2.54. The van der Waals surface area contributed by atoms with E-state index in [2.05, 4.69) is 54.5 Å². The van der Waals surface area contributed by atoms with Crippen molar-refractivity contribution in [1.82, 2.24) is 10.2 Å². The number of hydrogen-bond acceptors (Lipinski definition) is 2. The first kappa shape index (κ1) is 15.1. The van der Waals surface area contributed by atoms with E-state index in [0.717, 1.165) is 17.9 Å². The Labute approximate surface area is 129 Å². The minimum absolute atomic E-state index is 0.676. The van der Waals surface area contributed by atoms with Crippen molar-refractivity contribution in [1.29, 1.82) is 0 Å². The maximum absolute atomic E-state index is 3.60. The average Bonchev–Trinajstić information content (AvgIpc) is 2.55. The lowest BCUT2D eigenvalue weighted by molar-refractivity contribution is 0.0759. The van der Waals surface area contributed by atoms with Crippen LogP contribution < -0.4 is 5.32 Å². The van der Waals surface area contributed by atoms with E-state index in [0.29, 0.717) is 6.04 Å². The topological polar surface area (TPSA) is 15.3 Å². The number of hydrogen-bond donors (Lipinski definition) is 1. The highest BCUT2D eigenvalue weighted by Gasteiger charge is 2.35. The highest BCUT2D eigenvalue weighted by molar-refractivity contribution is 5.21. The van der Waals surface area contributed by atoms with Gasteiger partial charge in [-0.25, -0.2) is 0 Å². The summed E-state index contributed by atoms with van der Waals surface area (Å²) in [6.45, 7) is 5.01. The summed E-state index contributed by atoms with van der Waals surface area (Å²) in [5.41, 5.74) is 1.54. The zero-order valence-electron chi connectivity index (χ0n) is 13.6. The van der Waals surface area contributed by atoms with Crippen LogP contribution in [0.5, 0.6) is 0 Å². The highest BCUT2D eigenvalue weighted by atomic mass is 15.2. The van der Waals surface area contributed by atoms with Crippen LogP contribution in [0.4, 0.5) is 0 Å². The molecule has 1 saturated heterocycles. The monoisotopic (exact) mass is 286 g/mol. The summed E-state index contributed by atoms with van der Waals surface area (Å²) in [5.74, 6) is 1.62. The van der Waals surface area contributed by atoms with Crippen LogP contribution in [-0.4, -0.2) is 37.1 Å². The molecule has 2 fully saturated rings. The Hall–Kier alpha value is -0.860. The summed E-state index contributed by atoms with van der Waals surface area (Å²) < 4.78 is 0. The molecule has 2 heteroatoms. The molecule has 4 atom stereocenters. The molecule has 2 aliphatic rings. The number of piperidine rings is 1. The van der Waals surface area contributed by atoms with Gasteiger partial charge in [0.25, 0.3) is 0 Å². The Kier molecular flexibility index (Phi) is 4.97. The van der Waals surface area contributed by atoms with E-state index in [-0.39, 0.29) is 0 Å². The molecule has 1 saturated carbocycles.